The third-order valence-electron chi connectivity index (χ3n) is 3.92. The first-order valence-electron chi connectivity index (χ1n) is 7.63. The molecule has 0 amide bonds. The molecule has 1 aromatic rings. The van der Waals surface area contributed by atoms with Crippen LogP contribution < -0.4 is 4.90 Å². The van der Waals surface area contributed by atoms with Crippen molar-refractivity contribution >= 4 is 5.69 Å². The number of nitrogens with zero attached hydrogens (tertiary/aromatic N) is 2. The maximum Gasteiger partial charge on any atom is 0.0367 e. The SMILES string of the molecule is CC(C)CN1CCN(c2ccc(C(C)C)cc2)CC1. The monoisotopic (exact) mass is 260 g/mol. The van der Waals surface area contributed by atoms with Crippen LogP contribution >= 0.6 is 0 Å². The summed E-state index contributed by atoms with van der Waals surface area (Å²) in [4.78, 5) is 5.10. The van der Waals surface area contributed by atoms with Crippen LogP contribution in [-0.4, -0.2) is 37.6 Å². The number of rotatable bonds is 4. The molecule has 19 heavy (non-hydrogen) atoms. The third-order valence-corrected chi connectivity index (χ3v) is 3.92. The molecule has 0 spiro atoms. The van der Waals surface area contributed by atoms with Crippen molar-refractivity contribution in [1.29, 1.82) is 0 Å². The van der Waals surface area contributed by atoms with Crippen molar-refractivity contribution in [2.75, 3.05) is 37.6 Å². The molecule has 1 heterocycles. The minimum atomic E-state index is 0.622. The van der Waals surface area contributed by atoms with Crippen LogP contribution in [0, 0.1) is 5.92 Å². The molecule has 0 aliphatic carbocycles. The van der Waals surface area contributed by atoms with E-state index in [1.807, 2.05) is 0 Å². The fourth-order valence-electron chi connectivity index (χ4n) is 2.78. The van der Waals surface area contributed by atoms with Crippen LogP contribution in [-0.2, 0) is 0 Å². The molecule has 0 unspecified atom stereocenters. The predicted octanol–water partition coefficient (Wildman–Crippen LogP) is 3.59. The molecule has 1 fully saturated rings. The summed E-state index contributed by atoms with van der Waals surface area (Å²) in [6.45, 7) is 15.1. The Morgan fingerprint density at radius 2 is 1.47 bits per heavy atom. The Labute approximate surface area is 118 Å². The molecule has 2 rings (SSSR count). The molecule has 1 aliphatic rings. The molecule has 0 aromatic heterocycles. The summed E-state index contributed by atoms with van der Waals surface area (Å²) in [7, 11) is 0. The van der Waals surface area contributed by atoms with Crippen molar-refractivity contribution in [3.8, 4) is 0 Å². The largest absolute Gasteiger partial charge is 0.369 e. The number of hydrogen-bond donors (Lipinski definition) is 0. The maximum atomic E-state index is 2.59. The van der Waals surface area contributed by atoms with Gasteiger partial charge in [0, 0.05) is 38.4 Å². The summed E-state index contributed by atoms with van der Waals surface area (Å²) < 4.78 is 0. The number of anilines is 1. The van der Waals surface area contributed by atoms with E-state index in [0.717, 1.165) is 19.0 Å². The summed E-state index contributed by atoms with van der Waals surface area (Å²) in [5.74, 6) is 1.40. The normalized spacial score (nSPS) is 17.5. The van der Waals surface area contributed by atoms with Crippen LogP contribution in [0.5, 0.6) is 0 Å². The Bertz CT molecular complexity index is 373. The summed E-state index contributed by atoms with van der Waals surface area (Å²) in [6, 6.07) is 9.13. The standard InChI is InChI=1S/C17H28N2/c1-14(2)13-18-9-11-19(12-10-18)17-7-5-16(6-8-17)15(3)4/h5-8,14-15H,9-13H2,1-4H3. The molecule has 1 aliphatic heterocycles. The quantitative estimate of drug-likeness (QED) is 0.816. The summed E-state index contributed by atoms with van der Waals surface area (Å²) in [5, 5.41) is 0. The van der Waals surface area contributed by atoms with E-state index in [-0.39, 0.29) is 0 Å². The van der Waals surface area contributed by atoms with Gasteiger partial charge in [0.15, 0.2) is 0 Å². The maximum absolute atomic E-state index is 2.59. The molecule has 0 atom stereocenters. The van der Waals surface area contributed by atoms with E-state index in [1.165, 1.54) is 30.9 Å². The Balaban J connectivity index is 1.90. The second-order valence-electron chi connectivity index (χ2n) is 6.43. The molecule has 1 saturated heterocycles. The molecule has 2 heteroatoms. The number of piperazine rings is 1. The van der Waals surface area contributed by atoms with Crippen molar-refractivity contribution in [2.24, 2.45) is 5.92 Å². The van der Waals surface area contributed by atoms with Gasteiger partial charge in [-0.05, 0) is 29.5 Å². The van der Waals surface area contributed by atoms with Crippen LogP contribution in [0.2, 0.25) is 0 Å². The zero-order chi connectivity index (χ0) is 13.8. The average Bonchev–Trinajstić information content (AvgIpc) is 2.39. The average molecular weight is 260 g/mol. The lowest BCUT2D eigenvalue weighted by molar-refractivity contribution is 0.231. The highest BCUT2D eigenvalue weighted by Gasteiger charge is 2.17. The number of benzene rings is 1. The smallest absolute Gasteiger partial charge is 0.0367 e. The van der Waals surface area contributed by atoms with E-state index in [4.69, 9.17) is 0 Å². The highest BCUT2D eigenvalue weighted by atomic mass is 15.3. The van der Waals surface area contributed by atoms with Gasteiger partial charge in [-0.15, -0.1) is 0 Å². The lowest BCUT2D eigenvalue weighted by Gasteiger charge is -2.37. The van der Waals surface area contributed by atoms with E-state index in [2.05, 4.69) is 61.8 Å². The first-order valence-corrected chi connectivity index (χ1v) is 7.63. The van der Waals surface area contributed by atoms with Gasteiger partial charge in [0.05, 0.1) is 0 Å². The van der Waals surface area contributed by atoms with Crippen LogP contribution in [0.1, 0.15) is 39.2 Å². The third kappa shape index (κ3) is 3.97. The first kappa shape index (κ1) is 14.4. The van der Waals surface area contributed by atoms with Gasteiger partial charge in [0.1, 0.15) is 0 Å². The number of hydrogen-bond acceptors (Lipinski definition) is 2. The molecule has 2 nitrogen and oxygen atoms in total. The van der Waals surface area contributed by atoms with E-state index in [1.54, 1.807) is 0 Å². The van der Waals surface area contributed by atoms with Gasteiger partial charge in [-0.1, -0.05) is 39.8 Å². The summed E-state index contributed by atoms with van der Waals surface area (Å²) in [5.41, 5.74) is 2.82. The van der Waals surface area contributed by atoms with Crippen LogP contribution in [0.3, 0.4) is 0 Å². The zero-order valence-corrected chi connectivity index (χ0v) is 12.9. The minimum absolute atomic E-state index is 0.622. The summed E-state index contributed by atoms with van der Waals surface area (Å²) in [6.07, 6.45) is 0. The Morgan fingerprint density at radius 1 is 0.895 bits per heavy atom. The van der Waals surface area contributed by atoms with Crippen molar-refractivity contribution in [2.45, 2.75) is 33.6 Å². The topological polar surface area (TPSA) is 6.48 Å². The molecule has 0 N–H and O–H groups in total. The van der Waals surface area contributed by atoms with Crippen molar-refractivity contribution in [1.82, 2.24) is 4.90 Å². The van der Waals surface area contributed by atoms with Crippen molar-refractivity contribution < 1.29 is 0 Å². The van der Waals surface area contributed by atoms with Crippen molar-refractivity contribution in [3.63, 3.8) is 0 Å². The van der Waals surface area contributed by atoms with Gasteiger partial charge in [0.25, 0.3) is 0 Å². The second kappa shape index (κ2) is 6.42. The van der Waals surface area contributed by atoms with Gasteiger partial charge in [0.2, 0.25) is 0 Å². The van der Waals surface area contributed by atoms with E-state index < -0.39 is 0 Å². The predicted molar refractivity (Wildman–Crippen MR) is 84.0 cm³/mol. The molecule has 106 valence electrons. The molecule has 1 aromatic carbocycles. The second-order valence-corrected chi connectivity index (χ2v) is 6.43. The van der Waals surface area contributed by atoms with Crippen LogP contribution in [0.4, 0.5) is 5.69 Å². The van der Waals surface area contributed by atoms with Gasteiger partial charge < -0.3 is 4.90 Å². The highest BCUT2D eigenvalue weighted by molar-refractivity contribution is 5.48. The lowest BCUT2D eigenvalue weighted by Crippen LogP contribution is -2.47. The molecular formula is C17H28N2. The lowest BCUT2D eigenvalue weighted by atomic mass is 10.0. The summed E-state index contributed by atoms with van der Waals surface area (Å²) >= 11 is 0. The van der Waals surface area contributed by atoms with Crippen molar-refractivity contribution in [3.05, 3.63) is 29.8 Å². The zero-order valence-electron chi connectivity index (χ0n) is 12.9. The molecule has 0 bridgehead atoms. The fourth-order valence-corrected chi connectivity index (χ4v) is 2.78. The van der Waals surface area contributed by atoms with Gasteiger partial charge >= 0.3 is 0 Å². The van der Waals surface area contributed by atoms with Gasteiger partial charge in [-0.3, -0.25) is 4.90 Å². The Kier molecular flexibility index (Phi) is 4.87. The van der Waals surface area contributed by atoms with Crippen LogP contribution in [0.25, 0.3) is 0 Å². The van der Waals surface area contributed by atoms with E-state index in [9.17, 15) is 0 Å². The van der Waals surface area contributed by atoms with E-state index in [0.29, 0.717) is 5.92 Å². The van der Waals surface area contributed by atoms with Crippen LogP contribution in [0.15, 0.2) is 24.3 Å². The fraction of sp³-hybridized carbons (Fsp3) is 0.647. The highest BCUT2D eigenvalue weighted by Crippen LogP contribution is 2.21. The molecular weight excluding hydrogens is 232 g/mol. The molecule has 0 radical (unpaired) electrons. The van der Waals surface area contributed by atoms with E-state index >= 15 is 0 Å². The van der Waals surface area contributed by atoms with Gasteiger partial charge in [-0.2, -0.15) is 0 Å². The Morgan fingerprint density at radius 3 is 1.95 bits per heavy atom. The molecule has 0 saturated carbocycles. The first-order chi connectivity index (χ1) is 9.06. The minimum Gasteiger partial charge on any atom is -0.369 e. The Hall–Kier alpha value is -1.02. The van der Waals surface area contributed by atoms with Gasteiger partial charge in [-0.25, -0.2) is 0 Å².